The van der Waals surface area contributed by atoms with Gasteiger partial charge in [0.05, 0.1) is 17.6 Å². The minimum atomic E-state index is 0.0583. The number of hydrogen-bond donors (Lipinski definition) is 2. The second-order valence-corrected chi connectivity index (χ2v) is 2.36. The lowest BCUT2D eigenvalue weighted by Crippen LogP contribution is -1.81. The van der Waals surface area contributed by atoms with Crippen LogP contribution in [0.25, 0.3) is 11.0 Å². The van der Waals surface area contributed by atoms with Crippen LogP contribution in [-0.4, -0.2) is 15.1 Å². The molecular weight excluding hydrogens is 140 g/mol. The van der Waals surface area contributed by atoms with Crippen LogP contribution >= 0.6 is 0 Å². The van der Waals surface area contributed by atoms with Gasteiger partial charge in [0, 0.05) is 0 Å². The predicted molar refractivity (Wildman–Crippen MR) is 40.9 cm³/mol. The van der Waals surface area contributed by atoms with Crippen LogP contribution in [0.3, 0.4) is 0 Å². The van der Waals surface area contributed by atoms with Crippen molar-refractivity contribution < 1.29 is 5.11 Å². The highest BCUT2D eigenvalue weighted by atomic mass is 16.3. The van der Waals surface area contributed by atoms with E-state index in [1.165, 1.54) is 0 Å². The van der Waals surface area contributed by atoms with Gasteiger partial charge in [-0.05, 0) is 17.7 Å². The summed E-state index contributed by atoms with van der Waals surface area (Å²) in [6.45, 7) is 0.0583. The van der Waals surface area contributed by atoms with Crippen molar-refractivity contribution in [1.82, 2.24) is 9.97 Å². The van der Waals surface area contributed by atoms with Crippen LogP contribution in [0.1, 0.15) is 5.56 Å². The molecule has 0 amide bonds. The number of benzene rings is 1. The first-order chi connectivity index (χ1) is 5.40. The Morgan fingerprint density at radius 1 is 1.55 bits per heavy atom. The summed E-state index contributed by atoms with van der Waals surface area (Å²) in [6, 6.07) is 5.57. The molecule has 0 unspecified atom stereocenters. The summed E-state index contributed by atoms with van der Waals surface area (Å²) in [7, 11) is 0. The average Bonchev–Trinajstić information content (AvgIpc) is 2.50. The van der Waals surface area contributed by atoms with E-state index in [1.807, 2.05) is 18.2 Å². The average molecular weight is 147 g/mol. The molecule has 2 rings (SSSR count). The van der Waals surface area contributed by atoms with E-state index in [0.717, 1.165) is 16.6 Å². The fourth-order valence-electron chi connectivity index (χ4n) is 1.02. The third kappa shape index (κ3) is 0.991. The molecule has 55 valence electrons. The molecule has 0 fully saturated rings. The van der Waals surface area contributed by atoms with Crippen molar-refractivity contribution in [2.45, 2.75) is 6.61 Å². The molecule has 11 heavy (non-hydrogen) atoms. The number of aromatic amines is 1. The molecule has 1 aromatic carbocycles. The Labute approximate surface area is 63.7 Å². The molecule has 1 radical (unpaired) electrons. The molecule has 3 nitrogen and oxygen atoms in total. The van der Waals surface area contributed by atoms with Gasteiger partial charge in [-0.2, -0.15) is 0 Å². The summed E-state index contributed by atoms with van der Waals surface area (Å²) in [4.78, 5) is 6.79. The first-order valence-electron chi connectivity index (χ1n) is 3.36. The zero-order valence-electron chi connectivity index (χ0n) is 5.83. The van der Waals surface area contributed by atoms with E-state index < -0.39 is 0 Å². The van der Waals surface area contributed by atoms with Crippen LogP contribution in [0.15, 0.2) is 18.2 Å². The second kappa shape index (κ2) is 2.36. The summed E-state index contributed by atoms with van der Waals surface area (Å²) in [5.41, 5.74) is 2.66. The third-order valence-electron chi connectivity index (χ3n) is 1.61. The summed E-state index contributed by atoms with van der Waals surface area (Å²) in [5.74, 6) is 0. The highest BCUT2D eigenvalue weighted by molar-refractivity contribution is 5.74. The molecule has 2 N–H and O–H groups in total. The normalized spacial score (nSPS) is 10.6. The van der Waals surface area contributed by atoms with E-state index >= 15 is 0 Å². The zero-order valence-corrected chi connectivity index (χ0v) is 5.83. The highest BCUT2D eigenvalue weighted by Gasteiger charge is 1.96. The standard InChI is InChI=1S/C8H7N2O/c11-4-6-1-2-7-8(3-6)10-5-9-7/h1-3,11H,4H2,(H,9,10). The van der Waals surface area contributed by atoms with Gasteiger partial charge in [-0.15, -0.1) is 0 Å². The molecule has 0 atom stereocenters. The number of nitrogens with zero attached hydrogens (tertiary/aromatic N) is 1. The molecule has 0 aliphatic heterocycles. The number of rotatable bonds is 1. The molecule has 0 spiro atoms. The van der Waals surface area contributed by atoms with Crippen molar-refractivity contribution in [3.63, 3.8) is 0 Å². The van der Waals surface area contributed by atoms with Crippen molar-refractivity contribution in [3.8, 4) is 0 Å². The van der Waals surface area contributed by atoms with Gasteiger partial charge in [-0.25, -0.2) is 4.98 Å². The lowest BCUT2D eigenvalue weighted by atomic mass is 10.2. The topological polar surface area (TPSA) is 48.9 Å². The molecule has 0 aliphatic carbocycles. The van der Waals surface area contributed by atoms with Crippen LogP contribution in [0, 0.1) is 6.33 Å². The maximum atomic E-state index is 8.79. The lowest BCUT2D eigenvalue weighted by molar-refractivity contribution is 0.282. The number of imidazole rings is 1. The number of aliphatic hydroxyl groups excluding tert-OH is 1. The first-order valence-corrected chi connectivity index (χ1v) is 3.36. The zero-order chi connectivity index (χ0) is 7.68. The van der Waals surface area contributed by atoms with Gasteiger partial charge in [0.15, 0.2) is 6.33 Å². The van der Waals surface area contributed by atoms with E-state index in [1.54, 1.807) is 0 Å². The monoisotopic (exact) mass is 147 g/mol. The van der Waals surface area contributed by atoms with Crippen LogP contribution in [-0.2, 0) is 6.61 Å². The molecule has 2 aromatic rings. The predicted octanol–water partition coefficient (Wildman–Crippen LogP) is 0.855. The number of fused-ring (bicyclic) bond motifs is 1. The van der Waals surface area contributed by atoms with E-state index in [9.17, 15) is 0 Å². The Kier molecular flexibility index (Phi) is 1.36. The maximum Gasteiger partial charge on any atom is 0.174 e. The Hall–Kier alpha value is -1.35. The third-order valence-corrected chi connectivity index (χ3v) is 1.61. The second-order valence-electron chi connectivity index (χ2n) is 2.36. The molecule has 0 aliphatic rings. The number of H-pyrrole nitrogens is 1. The van der Waals surface area contributed by atoms with Crippen LogP contribution in [0.2, 0.25) is 0 Å². The Balaban J connectivity index is 2.67. The van der Waals surface area contributed by atoms with E-state index in [4.69, 9.17) is 5.11 Å². The summed E-state index contributed by atoms with van der Waals surface area (Å²) in [6.07, 6.45) is 2.63. The number of nitrogens with one attached hydrogen (secondary N) is 1. The van der Waals surface area contributed by atoms with Gasteiger partial charge in [0.2, 0.25) is 0 Å². The summed E-state index contributed by atoms with van der Waals surface area (Å²) >= 11 is 0. The fraction of sp³-hybridized carbons (Fsp3) is 0.125. The first kappa shape index (κ1) is 6.37. The minimum absolute atomic E-state index is 0.0583. The van der Waals surface area contributed by atoms with E-state index in [2.05, 4.69) is 16.3 Å². The molecule has 0 saturated heterocycles. The Bertz CT molecular complexity index is 367. The van der Waals surface area contributed by atoms with Crippen LogP contribution in [0.5, 0.6) is 0 Å². The SMILES string of the molecule is OCc1ccc2[nH][c]nc2c1. The van der Waals surface area contributed by atoms with Crippen molar-refractivity contribution in [2.75, 3.05) is 0 Å². The number of hydrogen-bond acceptors (Lipinski definition) is 2. The largest absolute Gasteiger partial charge is 0.392 e. The highest BCUT2D eigenvalue weighted by Crippen LogP contribution is 2.10. The van der Waals surface area contributed by atoms with Crippen molar-refractivity contribution in [3.05, 3.63) is 30.1 Å². The van der Waals surface area contributed by atoms with Crippen molar-refractivity contribution in [2.24, 2.45) is 0 Å². The van der Waals surface area contributed by atoms with Gasteiger partial charge in [0.1, 0.15) is 0 Å². The van der Waals surface area contributed by atoms with Gasteiger partial charge < -0.3 is 10.1 Å². The maximum absolute atomic E-state index is 8.79. The Morgan fingerprint density at radius 3 is 3.27 bits per heavy atom. The van der Waals surface area contributed by atoms with E-state index in [0.29, 0.717) is 0 Å². The van der Waals surface area contributed by atoms with Gasteiger partial charge in [0.25, 0.3) is 0 Å². The van der Waals surface area contributed by atoms with Gasteiger partial charge in [-0.3, -0.25) is 0 Å². The molecule has 1 aromatic heterocycles. The number of aliphatic hydroxyl groups is 1. The molecular formula is C8H7N2O. The molecule has 1 heterocycles. The lowest BCUT2D eigenvalue weighted by Gasteiger charge is -1.93. The summed E-state index contributed by atoms with van der Waals surface area (Å²) in [5, 5.41) is 8.79. The van der Waals surface area contributed by atoms with E-state index in [-0.39, 0.29) is 6.61 Å². The quantitative estimate of drug-likeness (QED) is 0.628. The smallest absolute Gasteiger partial charge is 0.174 e. The fourth-order valence-corrected chi connectivity index (χ4v) is 1.02. The molecule has 0 bridgehead atoms. The van der Waals surface area contributed by atoms with Gasteiger partial charge in [-0.1, -0.05) is 6.07 Å². The minimum Gasteiger partial charge on any atom is -0.392 e. The van der Waals surface area contributed by atoms with Crippen molar-refractivity contribution >= 4 is 11.0 Å². The molecule has 3 heteroatoms. The summed E-state index contributed by atoms with van der Waals surface area (Å²) < 4.78 is 0. The molecule has 0 saturated carbocycles. The van der Waals surface area contributed by atoms with Crippen LogP contribution < -0.4 is 0 Å². The Morgan fingerprint density at radius 2 is 2.45 bits per heavy atom. The van der Waals surface area contributed by atoms with Gasteiger partial charge >= 0.3 is 0 Å². The number of aromatic nitrogens is 2. The van der Waals surface area contributed by atoms with Crippen molar-refractivity contribution in [1.29, 1.82) is 0 Å². The van der Waals surface area contributed by atoms with Crippen LogP contribution in [0.4, 0.5) is 0 Å².